The minimum Gasteiger partial charge on any atom is -0.457 e. The molecule has 6 nitrogen and oxygen atoms in total. The van der Waals surface area contributed by atoms with Crippen LogP contribution in [0.25, 0.3) is 11.1 Å². The van der Waals surface area contributed by atoms with Gasteiger partial charge < -0.3 is 10.1 Å². The number of fused-ring (bicyclic) bond motifs is 1. The van der Waals surface area contributed by atoms with Gasteiger partial charge in [0.05, 0.1) is 12.2 Å². The smallest absolute Gasteiger partial charge is 0.281 e. The summed E-state index contributed by atoms with van der Waals surface area (Å²) in [6, 6.07) is 7.98. The monoisotopic (exact) mass is 324 g/mol. The number of rotatable bonds is 1. The molecule has 7 heteroatoms. The second kappa shape index (κ2) is 5.20. The van der Waals surface area contributed by atoms with Crippen LogP contribution in [0.15, 0.2) is 36.5 Å². The van der Waals surface area contributed by atoms with Gasteiger partial charge in [0, 0.05) is 24.7 Å². The van der Waals surface area contributed by atoms with Crippen LogP contribution in [0.4, 0.5) is 10.1 Å². The van der Waals surface area contributed by atoms with Crippen molar-refractivity contribution in [1.29, 1.82) is 5.26 Å². The summed E-state index contributed by atoms with van der Waals surface area (Å²) in [5.74, 6) is -0.303. The standard InChI is InChI=1S/C17H13FN4O2/c18-13-3-1-11(2-4-13)12-7-14-15(20-8-12)24-17(9-21-14)5-6-22(10-19)16(17)23/h1-4,7-8,21H,5-6,9H2. The summed E-state index contributed by atoms with van der Waals surface area (Å²) in [6.07, 6.45) is 3.93. The number of nitriles is 1. The van der Waals surface area contributed by atoms with Crippen molar-refractivity contribution < 1.29 is 13.9 Å². The number of ether oxygens (including phenoxy) is 1. The Balaban J connectivity index is 1.64. The number of halogens is 1. The van der Waals surface area contributed by atoms with Crippen LogP contribution in [0.5, 0.6) is 5.88 Å². The number of likely N-dealkylation sites (tertiary alicyclic amines) is 1. The average molecular weight is 324 g/mol. The highest BCUT2D eigenvalue weighted by molar-refractivity contribution is 5.90. The number of aromatic nitrogens is 1. The number of nitrogens with one attached hydrogen (secondary N) is 1. The predicted octanol–water partition coefficient (Wildman–Crippen LogP) is 2.14. The zero-order valence-electron chi connectivity index (χ0n) is 12.6. The summed E-state index contributed by atoms with van der Waals surface area (Å²) in [4.78, 5) is 17.7. The van der Waals surface area contributed by atoms with Crippen LogP contribution in [0.2, 0.25) is 0 Å². The third-order valence-electron chi connectivity index (χ3n) is 4.38. The van der Waals surface area contributed by atoms with Crippen LogP contribution in [-0.2, 0) is 4.79 Å². The summed E-state index contributed by atoms with van der Waals surface area (Å²) in [6.45, 7) is 0.631. The molecule has 0 bridgehead atoms. The van der Waals surface area contributed by atoms with Crippen molar-refractivity contribution in [3.8, 4) is 23.2 Å². The topological polar surface area (TPSA) is 78.2 Å². The van der Waals surface area contributed by atoms with Crippen LogP contribution in [0.3, 0.4) is 0 Å². The van der Waals surface area contributed by atoms with E-state index in [4.69, 9.17) is 10.00 Å². The van der Waals surface area contributed by atoms with Gasteiger partial charge in [0.2, 0.25) is 11.5 Å². The van der Waals surface area contributed by atoms with E-state index in [1.54, 1.807) is 18.3 Å². The molecule has 120 valence electrons. The first-order valence-corrected chi connectivity index (χ1v) is 7.52. The molecule has 1 aromatic heterocycles. The van der Waals surface area contributed by atoms with Gasteiger partial charge in [0.1, 0.15) is 5.82 Å². The maximum Gasteiger partial charge on any atom is 0.281 e. The summed E-state index contributed by atoms with van der Waals surface area (Å²) < 4.78 is 18.9. The van der Waals surface area contributed by atoms with Gasteiger partial charge in [-0.05, 0) is 23.8 Å². The number of nitrogens with zero attached hydrogens (tertiary/aromatic N) is 3. The molecule has 24 heavy (non-hydrogen) atoms. The fraction of sp³-hybridized carbons (Fsp3) is 0.235. The van der Waals surface area contributed by atoms with Gasteiger partial charge in [0.15, 0.2) is 6.19 Å². The molecule has 1 N–H and O–H groups in total. The average Bonchev–Trinajstić information content (AvgIpc) is 2.91. The maximum atomic E-state index is 13.0. The van der Waals surface area contributed by atoms with E-state index in [-0.39, 0.29) is 18.3 Å². The number of benzene rings is 1. The molecule has 1 spiro atoms. The van der Waals surface area contributed by atoms with Gasteiger partial charge in [-0.1, -0.05) is 12.1 Å². The van der Waals surface area contributed by atoms with Gasteiger partial charge in [0.25, 0.3) is 5.91 Å². The van der Waals surface area contributed by atoms with E-state index >= 15 is 0 Å². The normalized spacial score (nSPS) is 21.8. The Morgan fingerprint density at radius 2 is 2.12 bits per heavy atom. The quantitative estimate of drug-likeness (QED) is 0.813. The molecule has 1 amide bonds. The number of carbonyl (C=O) groups is 1. The Morgan fingerprint density at radius 3 is 2.83 bits per heavy atom. The van der Waals surface area contributed by atoms with E-state index in [0.717, 1.165) is 16.0 Å². The van der Waals surface area contributed by atoms with Crippen molar-refractivity contribution >= 4 is 11.6 Å². The number of carbonyl (C=O) groups excluding carboxylic acids is 1. The van der Waals surface area contributed by atoms with Crippen LogP contribution in [0, 0.1) is 17.3 Å². The van der Waals surface area contributed by atoms with Gasteiger partial charge in [-0.3, -0.25) is 4.79 Å². The molecule has 0 aliphatic carbocycles. The largest absolute Gasteiger partial charge is 0.457 e. The molecule has 4 rings (SSSR count). The lowest BCUT2D eigenvalue weighted by atomic mass is 10.00. The maximum absolute atomic E-state index is 13.0. The number of hydrogen-bond donors (Lipinski definition) is 1. The molecular weight excluding hydrogens is 311 g/mol. The second-order valence-electron chi connectivity index (χ2n) is 5.84. The van der Waals surface area contributed by atoms with Crippen LogP contribution in [0.1, 0.15) is 6.42 Å². The second-order valence-corrected chi connectivity index (χ2v) is 5.84. The van der Waals surface area contributed by atoms with Gasteiger partial charge >= 0.3 is 0 Å². The fourth-order valence-corrected chi connectivity index (χ4v) is 3.02. The molecule has 2 aliphatic heterocycles. The minimum absolute atomic E-state index is 0.283. The molecule has 1 aromatic carbocycles. The molecule has 1 saturated heterocycles. The summed E-state index contributed by atoms with van der Waals surface area (Å²) in [7, 11) is 0. The molecule has 1 unspecified atom stereocenters. The fourth-order valence-electron chi connectivity index (χ4n) is 3.02. The van der Waals surface area contributed by atoms with Crippen molar-refractivity contribution in [3.05, 3.63) is 42.3 Å². The number of hydrogen-bond acceptors (Lipinski definition) is 5. The molecule has 2 aromatic rings. The lowest BCUT2D eigenvalue weighted by molar-refractivity contribution is -0.138. The minimum atomic E-state index is -1.06. The SMILES string of the molecule is N#CN1CCC2(CNc3cc(-c4ccc(F)cc4)cnc3O2)C1=O. The Bertz CT molecular complexity index is 862. The van der Waals surface area contributed by atoms with Crippen molar-refractivity contribution in [2.75, 3.05) is 18.4 Å². The highest BCUT2D eigenvalue weighted by Gasteiger charge is 2.51. The number of pyridine rings is 1. The Morgan fingerprint density at radius 1 is 1.33 bits per heavy atom. The van der Waals surface area contributed by atoms with Crippen LogP contribution < -0.4 is 10.1 Å². The zero-order valence-corrected chi connectivity index (χ0v) is 12.6. The Kier molecular flexibility index (Phi) is 3.13. The summed E-state index contributed by atoms with van der Waals surface area (Å²) >= 11 is 0. The third-order valence-corrected chi connectivity index (χ3v) is 4.38. The first-order valence-electron chi connectivity index (χ1n) is 7.52. The van der Waals surface area contributed by atoms with Crippen molar-refractivity contribution in [3.63, 3.8) is 0 Å². The van der Waals surface area contributed by atoms with Crippen molar-refractivity contribution in [2.45, 2.75) is 12.0 Å². The molecular formula is C17H13FN4O2. The summed E-state index contributed by atoms with van der Waals surface area (Å²) in [5.41, 5.74) is 1.26. The van der Waals surface area contributed by atoms with E-state index in [1.165, 1.54) is 12.1 Å². The van der Waals surface area contributed by atoms with Crippen molar-refractivity contribution in [1.82, 2.24) is 9.88 Å². The van der Waals surface area contributed by atoms with Gasteiger partial charge in [-0.2, -0.15) is 5.26 Å². The lowest BCUT2D eigenvalue weighted by Gasteiger charge is -2.33. The van der Waals surface area contributed by atoms with Crippen LogP contribution in [-0.4, -0.2) is 34.5 Å². The van der Waals surface area contributed by atoms with E-state index < -0.39 is 5.60 Å². The van der Waals surface area contributed by atoms with E-state index in [2.05, 4.69) is 10.3 Å². The zero-order chi connectivity index (χ0) is 16.7. The van der Waals surface area contributed by atoms with Crippen molar-refractivity contribution in [2.24, 2.45) is 0 Å². The van der Waals surface area contributed by atoms with E-state index in [9.17, 15) is 9.18 Å². The lowest BCUT2D eigenvalue weighted by Crippen LogP contribution is -2.51. The van der Waals surface area contributed by atoms with Crippen LogP contribution >= 0.6 is 0 Å². The molecule has 2 aliphatic rings. The first kappa shape index (κ1) is 14.5. The molecule has 3 heterocycles. The van der Waals surface area contributed by atoms with Gasteiger partial charge in [-0.15, -0.1) is 0 Å². The predicted molar refractivity (Wildman–Crippen MR) is 83.4 cm³/mol. The highest BCUT2D eigenvalue weighted by atomic mass is 19.1. The van der Waals surface area contributed by atoms with E-state index in [1.807, 2.05) is 12.3 Å². The molecule has 1 fully saturated rings. The molecule has 0 saturated carbocycles. The third kappa shape index (κ3) is 2.15. The summed E-state index contributed by atoms with van der Waals surface area (Å²) in [5, 5.41) is 12.1. The molecule has 0 radical (unpaired) electrons. The number of amides is 1. The Labute approximate surface area is 137 Å². The van der Waals surface area contributed by atoms with E-state index in [0.29, 0.717) is 24.5 Å². The highest BCUT2D eigenvalue weighted by Crippen LogP contribution is 2.38. The van der Waals surface area contributed by atoms with Gasteiger partial charge in [-0.25, -0.2) is 14.3 Å². The molecule has 1 atom stereocenters. The first-order chi connectivity index (χ1) is 11.6. The Hall–Kier alpha value is -3.14. The number of anilines is 1.